The summed E-state index contributed by atoms with van der Waals surface area (Å²) in [6.45, 7) is 1.66. The Morgan fingerprint density at radius 2 is 2.33 bits per heavy atom. The molecule has 6 nitrogen and oxygen atoms in total. The third kappa shape index (κ3) is 2.45. The number of carbonyl (C=O) groups excluding carboxylic acids is 1. The van der Waals surface area contributed by atoms with Gasteiger partial charge in [0.1, 0.15) is 0 Å². The SMILES string of the molecule is CC(NC(=O)c1cccc(Cl)c1F)c1nn[nH]n1. The second kappa shape index (κ2) is 5.09. The first-order valence-electron chi connectivity index (χ1n) is 5.08. The van der Waals surface area contributed by atoms with Crippen molar-refractivity contribution in [2.45, 2.75) is 13.0 Å². The summed E-state index contributed by atoms with van der Waals surface area (Å²) in [5.74, 6) is -1.03. The monoisotopic (exact) mass is 269 g/mol. The van der Waals surface area contributed by atoms with E-state index in [9.17, 15) is 9.18 Å². The lowest BCUT2D eigenvalue weighted by Gasteiger charge is -2.10. The van der Waals surface area contributed by atoms with E-state index in [4.69, 9.17) is 11.6 Å². The molecule has 1 aromatic heterocycles. The second-order valence-corrected chi connectivity index (χ2v) is 3.97. The van der Waals surface area contributed by atoms with Gasteiger partial charge in [0.2, 0.25) is 0 Å². The average Bonchev–Trinajstić information content (AvgIpc) is 2.86. The van der Waals surface area contributed by atoms with Gasteiger partial charge in [0.25, 0.3) is 5.91 Å². The highest BCUT2D eigenvalue weighted by molar-refractivity contribution is 6.31. The first-order chi connectivity index (χ1) is 8.59. The van der Waals surface area contributed by atoms with Crippen LogP contribution in [0.25, 0.3) is 0 Å². The van der Waals surface area contributed by atoms with Crippen molar-refractivity contribution in [1.82, 2.24) is 25.9 Å². The van der Waals surface area contributed by atoms with Crippen LogP contribution in [0.3, 0.4) is 0 Å². The Bertz CT molecular complexity index is 559. The first-order valence-corrected chi connectivity index (χ1v) is 5.45. The number of hydrogen-bond acceptors (Lipinski definition) is 4. The Morgan fingerprint density at radius 1 is 1.56 bits per heavy atom. The highest BCUT2D eigenvalue weighted by Gasteiger charge is 2.18. The van der Waals surface area contributed by atoms with Gasteiger partial charge in [-0.1, -0.05) is 22.9 Å². The van der Waals surface area contributed by atoms with Gasteiger partial charge in [0, 0.05) is 0 Å². The maximum atomic E-state index is 13.6. The molecule has 0 aliphatic carbocycles. The standard InChI is InChI=1S/C10H9ClFN5O/c1-5(9-14-16-17-15-9)13-10(18)6-3-2-4-7(11)8(6)12/h2-5H,1H3,(H,13,18)(H,14,15,16,17). The summed E-state index contributed by atoms with van der Waals surface area (Å²) in [6, 6.07) is 3.73. The molecule has 2 aromatic rings. The molecule has 0 radical (unpaired) electrons. The highest BCUT2D eigenvalue weighted by Crippen LogP contribution is 2.18. The Kier molecular flexibility index (Phi) is 3.52. The minimum Gasteiger partial charge on any atom is -0.342 e. The number of nitrogens with one attached hydrogen (secondary N) is 2. The summed E-state index contributed by atoms with van der Waals surface area (Å²) in [5.41, 5.74) is -0.127. The molecule has 1 aromatic carbocycles. The number of amides is 1. The number of aromatic nitrogens is 4. The number of H-pyrrole nitrogens is 1. The van der Waals surface area contributed by atoms with Crippen molar-refractivity contribution in [1.29, 1.82) is 0 Å². The molecular weight excluding hydrogens is 261 g/mol. The zero-order valence-corrected chi connectivity index (χ0v) is 10.1. The van der Waals surface area contributed by atoms with E-state index >= 15 is 0 Å². The van der Waals surface area contributed by atoms with Crippen molar-refractivity contribution in [3.63, 3.8) is 0 Å². The van der Waals surface area contributed by atoms with E-state index in [0.29, 0.717) is 5.82 Å². The van der Waals surface area contributed by atoms with E-state index in [-0.39, 0.29) is 10.6 Å². The van der Waals surface area contributed by atoms with Crippen LogP contribution >= 0.6 is 11.6 Å². The summed E-state index contributed by atoms with van der Waals surface area (Å²) in [4.78, 5) is 11.8. The zero-order chi connectivity index (χ0) is 13.1. The zero-order valence-electron chi connectivity index (χ0n) is 9.32. The van der Waals surface area contributed by atoms with Gasteiger partial charge in [-0.2, -0.15) is 5.21 Å². The minimum absolute atomic E-state index is 0.102. The molecular formula is C10H9ClFN5O. The van der Waals surface area contributed by atoms with E-state index in [1.165, 1.54) is 18.2 Å². The number of tetrazole rings is 1. The number of hydrogen-bond donors (Lipinski definition) is 2. The van der Waals surface area contributed by atoms with Crippen molar-refractivity contribution < 1.29 is 9.18 Å². The van der Waals surface area contributed by atoms with Crippen LogP contribution in [-0.4, -0.2) is 26.5 Å². The lowest BCUT2D eigenvalue weighted by atomic mass is 10.2. The maximum Gasteiger partial charge on any atom is 0.254 e. The Hall–Kier alpha value is -2.02. The van der Waals surface area contributed by atoms with Crippen molar-refractivity contribution in [2.24, 2.45) is 0 Å². The fourth-order valence-corrected chi connectivity index (χ4v) is 1.55. The summed E-state index contributed by atoms with van der Waals surface area (Å²) >= 11 is 5.60. The topological polar surface area (TPSA) is 83.6 Å². The summed E-state index contributed by atoms with van der Waals surface area (Å²) in [5, 5.41) is 15.5. The molecule has 0 fully saturated rings. The lowest BCUT2D eigenvalue weighted by molar-refractivity contribution is 0.0934. The molecule has 2 N–H and O–H groups in total. The number of aromatic amines is 1. The smallest absolute Gasteiger partial charge is 0.254 e. The average molecular weight is 270 g/mol. The van der Waals surface area contributed by atoms with Crippen molar-refractivity contribution in [2.75, 3.05) is 0 Å². The van der Waals surface area contributed by atoms with Gasteiger partial charge < -0.3 is 5.32 Å². The molecule has 0 saturated heterocycles. The molecule has 0 aliphatic rings. The van der Waals surface area contributed by atoms with Crippen LogP contribution in [0.4, 0.5) is 4.39 Å². The first kappa shape index (κ1) is 12.4. The van der Waals surface area contributed by atoms with Gasteiger partial charge in [0.05, 0.1) is 16.6 Å². The van der Waals surface area contributed by atoms with Gasteiger partial charge in [-0.05, 0) is 19.1 Å². The quantitative estimate of drug-likeness (QED) is 0.884. The molecule has 1 unspecified atom stereocenters. The molecule has 0 saturated carbocycles. The largest absolute Gasteiger partial charge is 0.342 e. The predicted octanol–water partition coefficient (Wildman–Crippen LogP) is 1.48. The normalized spacial score (nSPS) is 12.2. The highest BCUT2D eigenvalue weighted by atomic mass is 35.5. The Labute approximate surface area is 107 Å². The van der Waals surface area contributed by atoms with Gasteiger partial charge in [-0.3, -0.25) is 4.79 Å². The van der Waals surface area contributed by atoms with Crippen LogP contribution in [0.5, 0.6) is 0 Å². The number of halogens is 2. The van der Waals surface area contributed by atoms with Gasteiger partial charge >= 0.3 is 0 Å². The molecule has 2 rings (SSSR count). The third-order valence-corrected chi connectivity index (χ3v) is 2.58. The number of nitrogens with zero attached hydrogens (tertiary/aromatic N) is 3. The molecule has 18 heavy (non-hydrogen) atoms. The second-order valence-electron chi connectivity index (χ2n) is 3.57. The molecule has 0 aliphatic heterocycles. The van der Waals surface area contributed by atoms with Gasteiger partial charge in [-0.25, -0.2) is 4.39 Å². The Morgan fingerprint density at radius 3 is 3.00 bits per heavy atom. The third-order valence-electron chi connectivity index (χ3n) is 2.29. The fourth-order valence-electron chi connectivity index (χ4n) is 1.37. The molecule has 1 atom stereocenters. The van der Waals surface area contributed by atoms with Crippen LogP contribution in [-0.2, 0) is 0 Å². The molecule has 0 bridgehead atoms. The number of carbonyl (C=O) groups is 1. The number of benzene rings is 1. The summed E-state index contributed by atoms with van der Waals surface area (Å²) in [6.07, 6.45) is 0. The van der Waals surface area contributed by atoms with E-state index in [0.717, 1.165) is 0 Å². The molecule has 1 amide bonds. The van der Waals surface area contributed by atoms with Crippen LogP contribution < -0.4 is 5.32 Å². The van der Waals surface area contributed by atoms with E-state index < -0.39 is 17.8 Å². The molecule has 94 valence electrons. The van der Waals surface area contributed by atoms with E-state index in [2.05, 4.69) is 25.9 Å². The molecule has 0 spiro atoms. The van der Waals surface area contributed by atoms with Crippen molar-refractivity contribution in [3.8, 4) is 0 Å². The van der Waals surface area contributed by atoms with Crippen molar-refractivity contribution >= 4 is 17.5 Å². The molecule has 1 heterocycles. The van der Waals surface area contributed by atoms with Gasteiger partial charge in [-0.15, -0.1) is 10.2 Å². The maximum absolute atomic E-state index is 13.6. The summed E-state index contributed by atoms with van der Waals surface area (Å²) in [7, 11) is 0. The summed E-state index contributed by atoms with van der Waals surface area (Å²) < 4.78 is 13.6. The van der Waals surface area contributed by atoms with Crippen LogP contribution in [0.2, 0.25) is 5.02 Å². The van der Waals surface area contributed by atoms with Gasteiger partial charge in [0.15, 0.2) is 11.6 Å². The fraction of sp³-hybridized carbons (Fsp3) is 0.200. The van der Waals surface area contributed by atoms with Crippen molar-refractivity contribution in [3.05, 3.63) is 40.4 Å². The predicted molar refractivity (Wildman–Crippen MR) is 61.5 cm³/mol. The van der Waals surface area contributed by atoms with E-state index in [1.807, 2.05) is 0 Å². The van der Waals surface area contributed by atoms with Crippen LogP contribution in [0, 0.1) is 5.82 Å². The van der Waals surface area contributed by atoms with Crippen LogP contribution in [0.1, 0.15) is 29.1 Å². The Balaban J connectivity index is 2.15. The lowest BCUT2D eigenvalue weighted by Crippen LogP contribution is -2.28. The number of rotatable bonds is 3. The molecule has 8 heteroatoms. The minimum atomic E-state index is -0.753. The van der Waals surface area contributed by atoms with Crippen LogP contribution in [0.15, 0.2) is 18.2 Å². The van der Waals surface area contributed by atoms with E-state index in [1.54, 1.807) is 6.92 Å².